The second-order valence-electron chi connectivity index (χ2n) is 4.93. The van der Waals surface area contributed by atoms with E-state index in [4.69, 9.17) is 5.11 Å². The first-order chi connectivity index (χ1) is 8.65. The van der Waals surface area contributed by atoms with Crippen molar-refractivity contribution < 1.29 is 9.90 Å². The molecule has 0 spiro atoms. The highest BCUT2D eigenvalue weighted by atomic mass is 16.4. The van der Waals surface area contributed by atoms with Crippen LogP contribution in [0.2, 0.25) is 0 Å². The van der Waals surface area contributed by atoms with Crippen molar-refractivity contribution in [3.05, 3.63) is 35.9 Å². The first kappa shape index (κ1) is 12.7. The topological polar surface area (TPSA) is 40.5 Å². The van der Waals surface area contributed by atoms with Crippen LogP contribution in [0, 0.1) is 5.92 Å². The maximum atomic E-state index is 10.4. The maximum Gasteiger partial charge on any atom is 0.328 e. The number of carboxylic acids is 1. The van der Waals surface area contributed by atoms with Crippen molar-refractivity contribution in [1.29, 1.82) is 0 Å². The molecule has 0 amide bonds. The van der Waals surface area contributed by atoms with Crippen molar-refractivity contribution in [2.45, 2.75) is 19.8 Å². The van der Waals surface area contributed by atoms with Gasteiger partial charge in [0.15, 0.2) is 0 Å². The Kier molecular flexibility index (Phi) is 4.03. The highest BCUT2D eigenvalue weighted by Gasteiger charge is 2.15. The molecule has 0 bridgehead atoms. The van der Waals surface area contributed by atoms with E-state index in [0.717, 1.165) is 30.6 Å². The van der Waals surface area contributed by atoms with E-state index in [1.807, 2.05) is 12.1 Å². The molecular formula is C15H19NO2. The highest BCUT2D eigenvalue weighted by Crippen LogP contribution is 2.23. The molecule has 96 valence electrons. The van der Waals surface area contributed by atoms with E-state index < -0.39 is 5.97 Å². The van der Waals surface area contributed by atoms with Crippen molar-refractivity contribution >= 4 is 17.7 Å². The van der Waals surface area contributed by atoms with Crippen LogP contribution in [0.3, 0.4) is 0 Å². The van der Waals surface area contributed by atoms with Crippen molar-refractivity contribution in [2.75, 3.05) is 18.0 Å². The number of carbonyl (C=O) groups is 1. The molecule has 1 aliphatic rings. The first-order valence-corrected chi connectivity index (χ1v) is 6.41. The molecule has 1 fully saturated rings. The molecule has 1 N–H and O–H groups in total. The smallest absolute Gasteiger partial charge is 0.328 e. The van der Waals surface area contributed by atoms with Gasteiger partial charge in [-0.1, -0.05) is 19.1 Å². The molecule has 1 heterocycles. The Morgan fingerprint density at radius 2 is 1.89 bits per heavy atom. The van der Waals surface area contributed by atoms with Gasteiger partial charge in [0, 0.05) is 24.9 Å². The number of carboxylic acid groups (broad SMARTS) is 1. The fraction of sp³-hybridized carbons (Fsp3) is 0.400. The van der Waals surface area contributed by atoms with Crippen LogP contribution in [0.4, 0.5) is 5.69 Å². The summed E-state index contributed by atoms with van der Waals surface area (Å²) in [5.74, 6) is -0.0804. The van der Waals surface area contributed by atoms with Gasteiger partial charge in [-0.25, -0.2) is 4.79 Å². The Morgan fingerprint density at radius 3 is 2.44 bits per heavy atom. The van der Waals surface area contributed by atoms with Gasteiger partial charge in [0.2, 0.25) is 0 Å². The normalized spacial score (nSPS) is 17.3. The first-order valence-electron chi connectivity index (χ1n) is 6.41. The minimum Gasteiger partial charge on any atom is -0.478 e. The van der Waals surface area contributed by atoms with E-state index >= 15 is 0 Å². The standard InChI is InChI=1S/C15H19NO2/c1-12-8-10-16(11-9-12)14-5-2-13(3-6-14)4-7-15(17)18/h2-7,12H,8-11H2,1H3,(H,17,18)/b7-4+. The van der Waals surface area contributed by atoms with E-state index in [9.17, 15) is 4.79 Å². The third-order valence-electron chi connectivity index (χ3n) is 3.46. The quantitative estimate of drug-likeness (QED) is 0.832. The lowest BCUT2D eigenvalue weighted by atomic mass is 9.99. The lowest BCUT2D eigenvalue weighted by Gasteiger charge is -2.32. The van der Waals surface area contributed by atoms with Gasteiger partial charge in [-0.05, 0) is 42.5 Å². The van der Waals surface area contributed by atoms with Gasteiger partial charge in [0.05, 0.1) is 0 Å². The number of nitrogens with zero attached hydrogens (tertiary/aromatic N) is 1. The molecule has 0 radical (unpaired) electrons. The minimum absolute atomic E-state index is 0.832. The molecule has 1 saturated heterocycles. The number of aliphatic carboxylic acids is 1. The van der Waals surface area contributed by atoms with Gasteiger partial charge in [0.25, 0.3) is 0 Å². The summed E-state index contributed by atoms with van der Waals surface area (Å²) in [5, 5.41) is 8.56. The van der Waals surface area contributed by atoms with Crippen LogP contribution >= 0.6 is 0 Å². The van der Waals surface area contributed by atoms with Crippen molar-refractivity contribution in [1.82, 2.24) is 0 Å². The zero-order valence-corrected chi connectivity index (χ0v) is 10.7. The summed E-state index contributed by atoms with van der Waals surface area (Å²) < 4.78 is 0. The van der Waals surface area contributed by atoms with Crippen LogP contribution in [-0.4, -0.2) is 24.2 Å². The molecule has 18 heavy (non-hydrogen) atoms. The van der Waals surface area contributed by atoms with Gasteiger partial charge in [-0.15, -0.1) is 0 Å². The van der Waals surface area contributed by atoms with Gasteiger partial charge >= 0.3 is 5.97 Å². The van der Waals surface area contributed by atoms with Gasteiger partial charge in [-0.3, -0.25) is 0 Å². The van der Waals surface area contributed by atoms with Crippen LogP contribution < -0.4 is 4.90 Å². The van der Waals surface area contributed by atoms with Crippen LogP contribution in [0.25, 0.3) is 6.08 Å². The van der Waals surface area contributed by atoms with Gasteiger partial charge in [0.1, 0.15) is 0 Å². The molecule has 2 rings (SSSR count). The summed E-state index contributed by atoms with van der Waals surface area (Å²) in [6.07, 6.45) is 5.28. The van der Waals surface area contributed by atoms with E-state index in [1.165, 1.54) is 18.5 Å². The Bertz CT molecular complexity index is 428. The molecule has 0 aliphatic carbocycles. The van der Waals surface area contributed by atoms with Crippen LogP contribution in [-0.2, 0) is 4.79 Å². The monoisotopic (exact) mass is 245 g/mol. The Balaban J connectivity index is 2.01. The van der Waals surface area contributed by atoms with E-state index in [-0.39, 0.29) is 0 Å². The maximum absolute atomic E-state index is 10.4. The third-order valence-corrected chi connectivity index (χ3v) is 3.46. The molecule has 1 aromatic rings. The number of piperidine rings is 1. The molecular weight excluding hydrogens is 226 g/mol. The average Bonchev–Trinajstić information content (AvgIpc) is 2.38. The van der Waals surface area contributed by atoms with Crippen LogP contribution in [0.15, 0.2) is 30.3 Å². The molecule has 0 aromatic heterocycles. The summed E-state index contributed by atoms with van der Waals surface area (Å²) in [4.78, 5) is 12.8. The largest absolute Gasteiger partial charge is 0.478 e. The molecule has 3 heteroatoms. The number of anilines is 1. The predicted molar refractivity (Wildman–Crippen MR) is 73.7 cm³/mol. The Labute approximate surface area is 108 Å². The predicted octanol–water partition coefficient (Wildman–Crippen LogP) is 3.02. The third kappa shape index (κ3) is 3.36. The molecule has 1 aromatic carbocycles. The van der Waals surface area contributed by atoms with Crippen molar-refractivity contribution in [2.24, 2.45) is 5.92 Å². The average molecular weight is 245 g/mol. The summed E-state index contributed by atoms with van der Waals surface area (Å²) in [6, 6.07) is 8.06. The molecule has 3 nitrogen and oxygen atoms in total. The Hall–Kier alpha value is -1.77. The zero-order chi connectivity index (χ0) is 13.0. The summed E-state index contributed by atoms with van der Waals surface area (Å²) in [7, 11) is 0. The molecule has 0 saturated carbocycles. The van der Waals surface area contributed by atoms with E-state index in [2.05, 4.69) is 24.0 Å². The van der Waals surface area contributed by atoms with E-state index in [1.54, 1.807) is 6.08 Å². The molecule has 0 atom stereocenters. The fourth-order valence-corrected chi connectivity index (χ4v) is 2.23. The lowest BCUT2D eigenvalue weighted by Crippen LogP contribution is -2.32. The van der Waals surface area contributed by atoms with Crippen LogP contribution in [0.5, 0.6) is 0 Å². The van der Waals surface area contributed by atoms with Crippen molar-refractivity contribution in [3.63, 3.8) is 0 Å². The number of hydrogen-bond donors (Lipinski definition) is 1. The SMILES string of the molecule is CC1CCN(c2ccc(/C=C/C(=O)O)cc2)CC1. The van der Waals surface area contributed by atoms with Crippen LogP contribution in [0.1, 0.15) is 25.3 Å². The second-order valence-corrected chi connectivity index (χ2v) is 4.93. The number of benzene rings is 1. The summed E-state index contributed by atoms with van der Waals surface area (Å²) in [5.41, 5.74) is 2.15. The van der Waals surface area contributed by atoms with Gasteiger partial charge in [-0.2, -0.15) is 0 Å². The van der Waals surface area contributed by atoms with E-state index in [0.29, 0.717) is 0 Å². The number of hydrogen-bond acceptors (Lipinski definition) is 2. The molecule has 1 aliphatic heterocycles. The summed E-state index contributed by atoms with van der Waals surface area (Å²) in [6.45, 7) is 4.54. The fourth-order valence-electron chi connectivity index (χ4n) is 2.23. The molecule has 0 unspecified atom stereocenters. The Morgan fingerprint density at radius 1 is 1.28 bits per heavy atom. The number of rotatable bonds is 3. The van der Waals surface area contributed by atoms with Gasteiger partial charge < -0.3 is 10.0 Å². The second kappa shape index (κ2) is 5.71. The minimum atomic E-state index is -0.913. The lowest BCUT2D eigenvalue weighted by molar-refractivity contribution is -0.131. The zero-order valence-electron chi connectivity index (χ0n) is 10.7. The summed E-state index contributed by atoms with van der Waals surface area (Å²) >= 11 is 0. The van der Waals surface area contributed by atoms with Crippen molar-refractivity contribution in [3.8, 4) is 0 Å². The highest BCUT2D eigenvalue weighted by molar-refractivity contribution is 5.85.